The SMILES string of the molecule is O=C1NCc2nc(N3CCC[C@@H]3CO)cc(-c3nc(C4CCOCC4)c[nH]3)c21. The Morgan fingerprint density at radius 1 is 1.25 bits per heavy atom. The highest BCUT2D eigenvalue weighted by atomic mass is 16.5. The van der Waals surface area contributed by atoms with Crippen molar-refractivity contribution in [3.63, 3.8) is 0 Å². The van der Waals surface area contributed by atoms with Gasteiger partial charge in [-0.1, -0.05) is 0 Å². The third-order valence-corrected chi connectivity index (χ3v) is 6.10. The molecule has 1 amide bonds. The van der Waals surface area contributed by atoms with Crippen molar-refractivity contribution >= 4 is 11.7 Å². The minimum atomic E-state index is -0.104. The van der Waals surface area contributed by atoms with E-state index in [4.69, 9.17) is 14.7 Å². The van der Waals surface area contributed by atoms with Crippen LogP contribution in [-0.4, -0.2) is 58.4 Å². The smallest absolute Gasteiger partial charge is 0.254 e. The maximum atomic E-state index is 12.5. The van der Waals surface area contributed by atoms with Gasteiger partial charge in [-0.2, -0.15) is 0 Å². The molecule has 1 atom stereocenters. The molecule has 2 saturated heterocycles. The number of nitrogens with one attached hydrogen (secondary N) is 2. The van der Waals surface area contributed by atoms with E-state index in [1.807, 2.05) is 12.3 Å². The summed E-state index contributed by atoms with van der Waals surface area (Å²) in [5.41, 5.74) is 3.18. The second kappa shape index (κ2) is 7.18. The first-order chi connectivity index (χ1) is 13.7. The number of ether oxygens (including phenoxy) is 1. The molecule has 0 radical (unpaired) electrons. The third kappa shape index (κ3) is 2.97. The monoisotopic (exact) mass is 383 g/mol. The van der Waals surface area contributed by atoms with E-state index in [1.54, 1.807) is 0 Å². The van der Waals surface area contributed by atoms with Crippen molar-refractivity contribution in [2.45, 2.75) is 44.2 Å². The number of hydrogen-bond donors (Lipinski definition) is 3. The van der Waals surface area contributed by atoms with Crippen LogP contribution in [0.5, 0.6) is 0 Å². The van der Waals surface area contributed by atoms with Crippen LogP contribution in [-0.2, 0) is 11.3 Å². The molecule has 2 aromatic heterocycles. The molecule has 5 heterocycles. The lowest BCUT2D eigenvalue weighted by molar-refractivity contribution is 0.0846. The van der Waals surface area contributed by atoms with Crippen LogP contribution in [0.3, 0.4) is 0 Å². The van der Waals surface area contributed by atoms with Gasteiger partial charge in [0, 0.05) is 37.4 Å². The first-order valence-corrected chi connectivity index (χ1v) is 10.1. The number of aliphatic hydroxyl groups is 1. The summed E-state index contributed by atoms with van der Waals surface area (Å²) in [7, 11) is 0. The second-order valence-corrected chi connectivity index (χ2v) is 7.77. The number of pyridine rings is 1. The normalized spacial score (nSPS) is 22.5. The Balaban J connectivity index is 1.55. The number of fused-ring (bicyclic) bond motifs is 1. The fraction of sp³-hybridized carbons (Fsp3) is 0.550. The minimum absolute atomic E-state index is 0.0814. The maximum Gasteiger partial charge on any atom is 0.254 e. The summed E-state index contributed by atoms with van der Waals surface area (Å²) >= 11 is 0. The first kappa shape index (κ1) is 17.6. The lowest BCUT2D eigenvalue weighted by Crippen LogP contribution is -2.33. The van der Waals surface area contributed by atoms with Crippen LogP contribution < -0.4 is 10.2 Å². The zero-order valence-corrected chi connectivity index (χ0v) is 15.8. The van der Waals surface area contributed by atoms with E-state index in [-0.39, 0.29) is 18.6 Å². The Morgan fingerprint density at radius 3 is 2.93 bits per heavy atom. The number of imidazole rings is 1. The number of rotatable bonds is 4. The number of aromatic amines is 1. The van der Waals surface area contributed by atoms with Gasteiger partial charge in [-0.3, -0.25) is 4.79 Å². The highest BCUT2D eigenvalue weighted by Crippen LogP contribution is 2.34. The fourth-order valence-electron chi connectivity index (χ4n) is 4.55. The summed E-state index contributed by atoms with van der Waals surface area (Å²) in [6, 6.07) is 2.03. The van der Waals surface area contributed by atoms with Gasteiger partial charge < -0.3 is 25.0 Å². The van der Waals surface area contributed by atoms with Crippen molar-refractivity contribution in [1.29, 1.82) is 0 Å². The molecule has 148 valence electrons. The number of anilines is 1. The number of H-pyrrole nitrogens is 1. The molecule has 0 saturated carbocycles. The Bertz CT molecular complexity index is 890. The molecular formula is C20H25N5O3. The molecule has 5 rings (SSSR count). The second-order valence-electron chi connectivity index (χ2n) is 7.77. The lowest BCUT2D eigenvalue weighted by Gasteiger charge is -2.25. The van der Waals surface area contributed by atoms with Crippen molar-refractivity contribution < 1.29 is 14.6 Å². The molecule has 3 aliphatic heterocycles. The summed E-state index contributed by atoms with van der Waals surface area (Å²) in [6.45, 7) is 2.94. The maximum absolute atomic E-state index is 12.5. The Morgan fingerprint density at radius 2 is 2.11 bits per heavy atom. The standard InChI is InChI=1S/C20H25N5O3/c26-11-13-2-1-5-25(13)17-8-14(18-16(23-17)10-22-20(18)27)19-21-9-15(24-19)12-3-6-28-7-4-12/h8-9,12-13,26H,1-7,10-11H2,(H,21,24)(H,22,27)/t13-/m1/s1. The predicted octanol–water partition coefficient (Wildman–Crippen LogP) is 1.57. The van der Waals surface area contributed by atoms with E-state index in [1.165, 1.54) is 0 Å². The number of amides is 1. The topological polar surface area (TPSA) is 103 Å². The summed E-state index contributed by atoms with van der Waals surface area (Å²) in [6.07, 6.45) is 5.88. The highest BCUT2D eigenvalue weighted by molar-refractivity contribution is 6.03. The Kier molecular flexibility index (Phi) is 4.52. The summed E-state index contributed by atoms with van der Waals surface area (Å²) in [4.78, 5) is 27.5. The number of carbonyl (C=O) groups excluding carboxylic acids is 1. The molecular weight excluding hydrogens is 358 g/mol. The Hall–Kier alpha value is -2.45. The number of aromatic nitrogens is 3. The quantitative estimate of drug-likeness (QED) is 0.741. The zero-order chi connectivity index (χ0) is 19.1. The molecule has 28 heavy (non-hydrogen) atoms. The average Bonchev–Trinajstić information content (AvgIpc) is 3.48. The average molecular weight is 383 g/mol. The molecule has 3 N–H and O–H groups in total. The predicted molar refractivity (Wildman–Crippen MR) is 103 cm³/mol. The lowest BCUT2D eigenvalue weighted by atomic mass is 9.97. The molecule has 0 unspecified atom stereocenters. The largest absolute Gasteiger partial charge is 0.394 e. The van der Waals surface area contributed by atoms with E-state index in [0.29, 0.717) is 23.9 Å². The van der Waals surface area contributed by atoms with Crippen LogP contribution in [0.2, 0.25) is 0 Å². The minimum Gasteiger partial charge on any atom is -0.394 e. The van der Waals surface area contributed by atoms with Crippen LogP contribution in [0.4, 0.5) is 5.82 Å². The molecule has 3 aliphatic rings. The van der Waals surface area contributed by atoms with Crippen molar-refractivity contribution in [3.05, 3.63) is 29.2 Å². The zero-order valence-electron chi connectivity index (χ0n) is 15.8. The third-order valence-electron chi connectivity index (χ3n) is 6.10. The number of nitrogens with zero attached hydrogens (tertiary/aromatic N) is 3. The molecule has 0 aliphatic carbocycles. The summed E-state index contributed by atoms with van der Waals surface area (Å²) in [5.74, 6) is 1.80. The van der Waals surface area contributed by atoms with Crippen LogP contribution in [0.15, 0.2) is 12.3 Å². The van der Waals surface area contributed by atoms with E-state index in [2.05, 4.69) is 15.2 Å². The summed E-state index contributed by atoms with van der Waals surface area (Å²) < 4.78 is 5.46. The molecule has 2 fully saturated rings. The van der Waals surface area contributed by atoms with E-state index >= 15 is 0 Å². The van der Waals surface area contributed by atoms with Gasteiger partial charge in [-0.05, 0) is 31.7 Å². The Labute approximate surface area is 163 Å². The molecule has 2 aromatic rings. The van der Waals surface area contributed by atoms with Crippen LogP contribution in [0.1, 0.15) is 53.3 Å². The number of hydrogen-bond acceptors (Lipinski definition) is 6. The van der Waals surface area contributed by atoms with Gasteiger partial charge in [-0.25, -0.2) is 9.97 Å². The van der Waals surface area contributed by atoms with Gasteiger partial charge in [0.05, 0.1) is 36.1 Å². The molecule has 8 heteroatoms. The van der Waals surface area contributed by atoms with Crippen molar-refractivity contribution in [3.8, 4) is 11.4 Å². The van der Waals surface area contributed by atoms with Crippen LogP contribution in [0.25, 0.3) is 11.4 Å². The van der Waals surface area contributed by atoms with Crippen molar-refractivity contribution in [2.75, 3.05) is 31.3 Å². The molecule has 0 bridgehead atoms. The van der Waals surface area contributed by atoms with E-state index in [9.17, 15) is 9.90 Å². The number of carbonyl (C=O) groups is 1. The molecule has 0 spiro atoms. The highest BCUT2D eigenvalue weighted by Gasteiger charge is 2.31. The number of aliphatic hydroxyl groups excluding tert-OH is 1. The van der Waals surface area contributed by atoms with Gasteiger partial charge in [0.15, 0.2) is 0 Å². The van der Waals surface area contributed by atoms with Gasteiger partial charge >= 0.3 is 0 Å². The van der Waals surface area contributed by atoms with Gasteiger partial charge in [0.1, 0.15) is 11.6 Å². The van der Waals surface area contributed by atoms with Crippen LogP contribution in [0, 0.1) is 0 Å². The van der Waals surface area contributed by atoms with E-state index < -0.39 is 0 Å². The molecule has 8 nitrogen and oxygen atoms in total. The van der Waals surface area contributed by atoms with Gasteiger partial charge in [0.2, 0.25) is 0 Å². The molecule has 0 aromatic carbocycles. The van der Waals surface area contributed by atoms with Crippen LogP contribution >= 0.6 is 0 Å². The summed E-state index contributed by atoms with van der Waals surface area (Å²) in [5, 5.41) is 12.6. The van der Waals surface area contributed by atoms with Crippen molar-refractivity contribution in [1.82, 2.24) is 20.3 Å². The van der Waals surface area contributed by atoms with E-state index in [0.717, 1.165) is 68.2 Å². The van der Waals surface area contributed by atoms with Crippen molar-refractivity contribution in [2.24, 2.45) is 0 Å². The van der Waals surface area contributed by atoms with Gasteiger partial charge in [0.25, 0.3) is 5.91 Å². The first-order valence-electron chi connectivity index (χ1n) is 10.1. The van der Waals surface area contributed by atoms with Gasteiger partial charge in [-0.15, -0.1) is 0 Å². The fourth-order valence-corrected chi connectivity index (χ4v) is 4.55.